The smallest absolute Gasteiger partial charge is 0.311 e. The summed E-state index contributed by atoms with van der Waals surface area (Å²) in [5.74, 6) is 3.08. The monoisotopic (exact) mass is 301 g/mol. The summed E-state index contributed by atoms with van der Waals surface area (Å²) >= 11 is 0. The molecule has 0 spiro atoms. The highest BCUT2D eigenvalue weighted by Crippen LogP contribution is 2.61. The molecule has 0 amide bonds. The minimum Gasteiger partial charge on any atom is -0.361 e. The summed E-state index contributed by atoms with van der Waals surface area (Å²) in [6.45, 7) is 2.20. The minimum absolute atomic E-state index is 0.0825. The second-order valence-corrected chi connectivity index (χ2v) is 7.77. The Morgan fingerprint density at radius 2 is 1.86 bits per heavy atom. The van der Waals surface area contributed by atoms with Crippen LogP contribution < -0.4 is 5.32 Å². The maximum atomic E-state index is 11.2. The van der Waals surface area contributed by atoms with E-state index >= 15 is 0 Å². The Labute approximate surface area is 130 Å². The summed E-state index contributed by atoms with van der Waals surface area (Å²) in [6, 6.07) is 3.40. The molecule has 1 aromatic heterocycles. The lowest BCUT2D eigenvalue weighted by Crippen LogP contribution is -2.53. The molecule has 1 unspecified atom stereocenters. The molecular formula is C17H23N3O2. The van der Waals surface area contributed by atoms with E-state index < -0.39 is 0 Å². The minimum atomic E-state index is -0.345. The third-order valence-electron chi connectivity index (χ3n) is 6.34. The molecule has 4 aliphatic rings. The number of hydrogen-bond acceptors (Lipinski definition) is 4. The van der Waals surface area contributed by atoms with Crippen molar-refractivity contribution in [2.45, 2.75) is 51.5 Å². The van der Waals surface area contributed by atoms with E-state index in [1.807, 2.05) is 0 Å². The second kappa shape index (κ2) is 4.93. The first-order chi connectivity index (χ1) is 10.6. The predicted octanol–water partition coefficient (Wildman–Crippen LogP) is 4.01. The molecule has 0 radical (unpaired) electrons. The Morgan fingerprint density at radius 3 is 2.41 bits per heavy atom. The molecule has 0 aliphatic heterocycles. The Kier molecular flexibility index (Phi) is 3.13. The first kappa shape index (κ1) is 14.0. The van der Waals surface area contributed by atoms with Crippen molar-refractivity contribution in [2.75, 3.05) is 5.32 Å². The molecule has 4 saturated carbocycles. The van der Waals surface area contributed by atoms with Crippen molar-refractivity contribution >= 4 is 11.5 Å². The molecule has 0 aromatic carbocycles. The Morgan fingerprint density at radius 1 is 1.27 bits per heavy atom. The van der Waals surface area contributed by atoms with Gasteiger partial charge in [-0.1, -0.05) is 0 Å². The van der Waals surface area contributed by atoms with Crippen LogP contribution >= 0.6 is 0 Å². The van der Waals surface area contributed by atoms with Gasteiger partial charge in [-0.15, -0.1) is 0 Å². The van der Waals surface area contributed by atoms with Crippen LogP contribution in [0, 0.1) is 33.3 Å². The van der Waals surface area contributed by atoms with Gasteiger partial charge >= 0.3 is 5.69 Å². The van der Waals surface area contributed by atoms with Crippen molar-refractivity contribution in [3.8, 4) is 0 Å². The van der Waals surface area contributed by atoms with Crippen LogP contribution in [-0.4, -0.2) is 15.9 Å². The van der Waals surface area contributed by atoms with Gasteiger partial charge in [-0.3, -0.25) is 10.1 Å². The molecule has 22 heavy (non-hydrogen) atoms. The van der Waals surface area contributed by atoms with Crippen molar-refractivity contribution in [1.82, 2.24) is 4.98 Å². The normalized spacial score (nSPS) is 37.0. The van der Waals surface area contributed by atoms with E-state index in [4.69, 9.17) is 0 Å². The molecule has 0 saturated heterocycles. The molecule has 4 aliphatic carbocycles. The fraction of sp³-hybridized carbons (Fsp3) is 0.706. The summed E-state index contributed by atoms with van der Waals surface area (Å²) in [6.07, 6.45) is 9.72. The van der Waals surface area contributed by atoms with Crippen molar-refractivity contribution in [1.29, 1.82) is 0 Å². The number of hydrogen-bond donors (Lipinski definition) is 1. The van der Waals surface area contributed by atoms with E-state index in [2.05, 4.69) is 17.2 Å². The van der Waals surface area contributed by atoms with Crippen LogP contribution in [0.3, 0.4) is 0 Å². The third-order valence-corrected chi connectivity index (χ3v) is 6.34. The lowest BCUT2D eigenvalue weighted by atomic mass is 9.48. The first-order valence-corrected chi connectivity index (χ1v) is 8.42. The molecule has 118 valence electrons. The second-order valence-electron chi connectivity index (χ2n) is 7.77. The van der Waals surface area contributed by atoms with Crippen LogP contribution in [0.5, 0.6) is 0 Å². The van der Waals surface area contributed by atoms with Gasteiger partial charge in [0.05, 0.1) is 4.92 Å². The van der Waals surface area contributed by atoms with Crippen LogP contribution in [0.1, 0.15) is 45.4 Å². The summed E-state index contributed by atoms with van der Waals surface area (Å²) in [7, 11) is 0. The Bertz CT molecular complexity index is 566. The summed E-state index contributed by atoms with van der Waals surface area (Å²) in [5, 5.41) is 14.6. The largest absolute Gasteiger partial charge is 0.361 e. The van der Waals surface area contributed by atoms with E-state index in [9.17, 15) is 10.1 Å². The van der Waals surface area contributed by atoms with Crippen molar-refractivity contribution in [2.24, 2.45) is 23.2 Å². The Hall–Kier alpha value is -1.65. The quantitative estimate of drug-likeness (QED) is 0.674. The molecule has 1 heterocycles. The fourth-order valence-electron chi connectivity index (χ4n) is 5.72. The maximum absolute atomic E-state index is 11.2. The zero-order valence-corrected chi connectivity index (χ0v) is 13.0. The summed E-state index contributed by atoms with van der Waals surface area (Å²) in [5.41, 5.74) is 0.402. The van der Waals surface area contributed by atoms with Crippen molar-refractivity contribution < 1.29 is 4.92 Å². The third kappa shape index (κ3) is 2.18. The highest BCUT2D eigenvalue weighted by Gasteiger charge is 2.53. The van der Waals surface area contributed by atoms with Gasteiger partial charge in [0.2, 0.25) is 5.82 Å². The van der Waals surface area contributed by atoms with E-state index in [0.717, 1.165) is 17.8 Å². The van der Waals surface area contributed by atoms with Gasteiger partial charge in [0.1, 0.15) is 0 Å². The highest BCUT2D eigenvalue weighted by molar-refractivity contribution is 5.55. The molecule has 5 rings (SSSR count). The number of nitrogens with zero attached hydrogens (tertiary/aromatic N) is 2. The van der Waals surface area contributed by atoms with E-state index in [0.29, 0.717) is 11.2 Å². The molecule has 1 atom stereocenters. The molecule has 4 bridgehead atoms. The number of anilines is 1. The van der Waals surface area contributed by atoms with E-state index in [-0.39, 0.29) is 16.7 Å². The molecule has 4 fully saturated rings. The van der Waals surface area contributed by atoms with Gasteiger partial charge in [0.25, 0.3) is 0 Å². The highest BCUT2D eigenvalue weighted by atomic mass is 16.6. The average molecular weight is 301 g/mol. The topological polar surface area (TPSA) is 68.1 Å². The molecule has 1 N–H and O–H groups in total. The van der Waals surface area contributed by atoms with Gasteiger partial charge in [-0.05, 0) is 74.7 Å². The average Bonchev–Trinajstić information content (AvgIpc) is 2.46. The van der Waals surface area contributed by atoms with E-state index in [1.165, 1.54) is 44.6 Å². The number of nitro groups is 1. The van der Waals surface area contributed by atoms with Gasteiger partial charge in [-0.25, -0.2) is 4.98 Å². The zero-order chi connectivity index (χ0) is 15.3. The molecular weight excluding hydrogens is 278 g/mol. The van der Waals surface area contributed by atoms with Crippen LogP contribution in [0.15, 0.2) is 18.3 Å². The number of aromatic nitrogens is 1. The lowest BCUT2D eigenvalue weighted by Gasteiger charge is -2.59. The summed E-state index contributed by atoms with van der Waals surface area (Å²) < 4.78 is 0. The van der Waals surface area contributed by atoms with E-state index in [1.54, 1.807) is 12.3 Å². The number of pyridine rings is 1. The Balaban J connectivity index is 1.58. The van der Waals surface area contributed by atoms with Crippen LogP contribution in [0.25, 0.3) is 0 Å². The van der Waals surface area contributed by atoms with Crippen LogP contribution in [0.4, 0.5) is 11.5 Å². The number of rotatable bonds is 4. The fourth-order valence-corrected chi connectivity index (χ4v) is 5.72. The molecule has 1 aromatic rings. The van der Waals surface area contributed by atoms with Gasteiger partial charge in [-0.2, -0.15) is 0 Å². The van der Waals surface area contributed by atoms with Crippen LogP contribution in [0.2, 0.25) is 0 Å². The molecule has 5 nitrogen and oxygen atoms in total. The maximum Gasteiger partial charge on any atom is 0.311 e. The van der Waals surface area contributed by atoms with Gasteiger partial charge in [0.15, 0.2) is 0 Å². The molecule has 5 heteroatoms. The summed E-state index contributed by atoms with van der Waals surface area (Å²) in [4.78, 5) is 15.0. The van der Waals surface area contributed by atoms with Crippen molar-refractivity contribution in [3.63, 3.8) is 0 Å². The zero-order valence-electron chi connectivity index (χ0n) is 13.0. The van der Waals surface area contributed by atoms with Crippen molar-refractivity contribution in [3.05, 3.63) is 28.4 Å². The van der Waals surface area contributed by atoms with Gasteiger partial charge < -0.3 is 5.32 Å². The SMILES string of the molecule is CC(Nc1ncccc1[N+](=O)[O-])C12CC3CC(CC(C3)C1)C2. The number of nitrogens with one attached hydrogen (secondary N) is 1. The first-order valence-electron chi connectivity index (χ1n) is 8.42. The van der Waals surface area contributed by atoms with Gasteiger partial charge in [0, 0.05) is 18.3 Å². The predicted molar refractivity (Wildman–Crippen MR) is 84.6 cm³/mol. The standard InChI is InChI=1S/C17H23N3O2/c1-11(19-16-15(20(21)22)3-2-4-18-16)17-8-12-5-13(9-17)7-14(6-12)10-17/h2-4,11-14H,5-10H2,1H3,(H,18,19). The van der Waals surface area contributed by atoms with Crippen LogP contribution in [-0.2, 0) is 0 Å². The lowest BCUT2D eigenvalue weighted by molar-refractivity contribution is -0.384.